The number of hydrogen-bond donors (Lipinski definition) is 1. The molecule has 0 saturated carbocycles. The molecule has 3 amide bonds. The molecule has 2 bridgehead atoms. The van der Waals surface area contributed by atoms with Gasteiger partial charge in [0.2, 0.25) is 17.7 Å². The van der Waals surface area contributed by atoms with Crippen LogP contribution in [-0.4, -0.2) is 96.7 Å². The summed E-state index contributed by atoms with van der Waals surface area (Å²) in [4.78, 5) is 48.8. The predicted octanol–water partition coefficient (Wildman–Crippen LogP) is 4.88. The summed E-state index contributed by atoms with van der Waals surface area (Å²) in [6.07, 6.45) is 6.92. The van der Waals surface area contributed by atoms with Crippen LogP contribution in [0.15, 0.2) is 25.3 Å². The Hall–Kier alpha value is -1.32. The SMILES string of the molecule is C=CCN(CCC)C(=O)[C@H]1[C@H]2C(=O)N(CCCCO)C(C(=O)N(CC=C)C(C)(C)CC(C)(C)C)C23CC(Br)[C@@H]1S3. The zero-order valence-electron chi connectivity index (χ0n) is 25.3. The molecule has 0 radical (unpaired) electrons. The molecular formula is C31H50BrN3O4S. The second-order valence-electron chi connectivity index (χ2n) is 13.5. The Morgan fingerprint density at radius 2 is 1.80 bits per heavy atom. The van der Waals surface area contributed by atoms with E-state index in [1.54, 1.807) is 28.8 Å². The van der Waals surface area contributed by atoms with E-state index in [1.165, 1.54) is 0 Å². The Morgan fingerprint density at radius 1 is 1.15 bits per heavy atom. The van der Waals surface area contributed by atoms with E-state index in [4.69, 9.17) is 0 Å². The normalized spacial score (nSPS) is 29.4. The minimum Gasteiger partial charge on any atom is -0.396 e. The Balaban J connectivity index is 2.10. The largest absolute Gasteiger partial charge is 0.396 e. The number of carbonyl (C=O) groups excluding carboxylic acids is 3. The summed E-state index contributed by atoms with van der Waals surface area (Å²) in [5.74, 6) is -1.20. The van der Waals surface area contributed by atoms with Crippen molar-refractivity contribution in [1.29, 1.82) is 0 Å². The van der Waals surface area contributed by atoms with Crippen LogP contribution in [0.25, 0.3) is 0 Å². The first-order chi connectivity index (χ1) is 18.7. The molecule has 3 aliphatic rings. The molecule has 40 heavy (non-hydrogen) atoms. The van der Waals surface area contributed by atoms with Gasteiger partial charge in [0, 0.05) is 48.4 Å². The number of unbranched alkanes of at least 4 members (excludes halogenated alkanes) is 1. The maximum absolute atomic E-state index is 14.8. The van der Waals surface area contributed by atoms with Crippen LogP contribution in [0.3, 0.4) is 0 Å². The van der Waals surface area contributed by atoms with Gasteiger partial charge < -0.3 is 19.8 Å². The van der Waals surface area contributed by atoms with E-state index in [2.05, 4.69) is 63.7 Å². The minimum absolute atomic E-state index is 0.0107. The van der Waals surface area contributed by atoms with Crippen molar-refractivity contribution < 1.29 is 19.5 Å². The number of likely N-dealkylation sites (tertiary alicyclic amines) is 1. The molecule has 3 rings (SSSR count). The zero-order chi connectivity index (χ0) is 30.0. The molecule has 1 N–H and O–H groups in total. The zero-order valence-corrected chi connectivity index (χ0v) is 27.7. The first-order valence-corrected chi connectivity index (χ1v) is 16.6. The van der Waals surface area contributed by atoms with Gasteiger partial charge in [-0.1, -0.05) is 55.8 Å². The molecule has 7 nitrogen and oxygen atoms in total. The van der Waals surface area contributed by atoms with Crippen molar-refractivity contribution in [2.45, 2.75) is 100 Å². The van der Waals surface area contributed by atoms with Crippen LogP contribution in [0.2, 0.25) is 0 Å². The second-order valence-corrected chi connectivity index (χ2v) is 16.2. The van der Waals surface area contributed by atoms with Crippen LogP contribution in [-0.2, 0) is 14.4 Å². The van der Waals surface area contributed by atoms with Crippen LogP contribution in [0.5, 0.6) is 0 Å². The average molecular weight is 641 g/mol. The number of hydrogen-bond acceptors (Lipinski definition) is 5. The van der Waals surface area contributed by atoms with Gasteiger partial charge in [-0.3, -0.25) is 14.4 Å². The smallest absolute Gasteiger partial charge is 0.247 e. The highest BCUT2D eigenvalue weighted by Gasteiger charge is 2.76. The molecule has 3 unspecified atom stereocenters. The van der Waals surface area contributed by atoms with E-state index in [0.29, 0.717) is 45.4 Å². The van der Waals surface area contributed by atoms with Gasteiger partial charge in [-0.25, -0.2) is 0 Å². The van der Waals surface area contributed by atoms with Crippen molar-refractivity contribution in [3.63, 3.8) is 0 Å². The molecule has 3 heterocycles. The summed E-state index contributed by atoms with van der Waals surface area (Å²) in [7, 11) is 0. The van der Waals surface area contributed by atoms with Gasteiger partial charge in [-0.05, 0) is 51.4 Å². The van der Waals surface area contributed by atoms with Crippen LogP contribution >= 0.6 is 27.7 Å². The Bertz CT molecular complexity index is 982. The summed E-state index contributed by atoms with van der Waals surface area (Å²) in [6.45, 7) is 22.4. The number of rotatable bonds is 14. The standard InChI is InChI=1S/C31H50BrN3O4S/c1-9-14-33(15-10-2)26(37)22-23-27(38)34(17-12-13-18-36)25(31(23)19-21(32)24(22)40-31)28(39)35(16-11-3)30(7,8)20-29(4,5)6/h9,11,21-25,36H,1,3,10,12-20H2,2,4-8H3/t21?,22-,23-,24-,25?,31?/m0/s1. The number of nitrogens with zero attached hydrogens (tertiary/aromatic N) is 3. The topological polar surface area (TPSA) is 81.2 Å². The van der Waals surface area contributed by atoms with Crippen molar-refractivity contribution in [3.8, 4) is 0 Å². The van der Waals surface area contributed by atoms with Crippen molar-refractivity contribution >= 4 is 45.4 Å². The lowest BCUT2D eigenvalue weighted by Gasteiger charge is -2.46. The van der Waals surface area contributed by atoms with E-state index in [-0.39, 0.29) is 39.8 Å². The van der Waals surface area contributed by atoms with E-state index in [1.807, 2.05) is 16.7 Å². The lowest BCUT2D eigenvalue weighted by atomic mass is 9.70. The fourth-order valence-corrected chi connectivity index (χ4v) is 11.2. The third kappa shape index (κ3) is 6.22. The maximum Gasteiger partial charge on any atom is 0.247 e. The summed E-state index contributed by atoms with van der Waals surface area (Å²) >= 11 is 5.56. The van der Waals surface area contributed by atoms with Gasteiger partial charge in [0.25, 0.3) is 0 Å². The van der Waals surface area contributed by atoms with Crippen LogP contribution in [0, 0.1) is 17.3 Å². The summed E-state index contributed by atoms with van der Waals surface area (Å²) in [5.41, 5.74) is -0.479. The third-order valence-electron chi connectivity index (χ3n) is 8.54. The molecule has 0 aromatic carbocycles. The summed E-state index contributed by atoms with van der Waals surface area (Å²) < 4.78 is -0.685. The van der Waals surface area contributed by atoms with Crippen LogP contribution < -0.4 is 0 Å². The third-order valence-corrected chi connectivity index (χ3v) is 11.8. The maximum atomic E-state index is 14.8. The van der Waals surface area contributed by atoms with E-state index in [9.17, 15) is 19.5 Å². The number of aliphatic hydroxyl groups excluding tert-OH is 1. The number of fused-ring (bicyclic) bond motifs is 1. The first kappa shape index (κ1) is 33.2. The Kier molecular flexibility index (Phi) is 10.7. The molecule has 3 aliphatic heterocycles. The summed E-state index contributed by atoms with van der Waals surface area (Å²) in [5, 5.41) is 9.40. The Labute approximate surface area is 254 Å². The second kappa shape index (κ2) is 12.9. The Morgan fingerprint density at radius 3 is 2.35 bits per heavy atom. The molecule has 226 valence electrons. The van der Waals surface area contributed by atoms with Crippen molar-refractivity contribution in [1.82, 2.24) is 14.7 Å². The van der Waals surface area contributed by atoms with Gasteiger partial charge >= 0.3 is 0 Å². The fraction of sp³-hybridized carbons (Fsp3) is 0.774. The highest BCUT2D eigenvalue weighted by atomic mass is 79.9. The summed E-state index contributed by atoms with van der Waals surface area (Å²) in [6, 6.07) is -0.672. The van der Waals surface area contributed by atoms with Crippen molar-refractivity contribution in [3.05, 3.63) is 25.3 Å². The van der Waals surface area contributed by atoms with Gasteiger partial charge in [-0.2, -0.15) is 0 Å². The molecule has 9 heteroatoms. The van der Waals surface area contributed by atoms with Crippen molar-refractivity contribution in [2.24, 2.45) is 17.3 Å². The predicted molar refractivity (Wildman–Crippen MR) is 167 cm³/mol. The van der Waals surface area contributed by atoms with E-state index >= 15 is 0 Å². The number of halogens is 1. The van der Waals surface area contributed by atoms with E-state index < -0.39 is 28.2 Å². The minimum atomic E-state index is -0.685. The molecule has 6 atom stereocenters. The molecule has 3 saturated heterocycles. The quantitative estimate of drug-likeness (QED) is 0.166. The number of alkyl halides is 1. The highest BCUT2D eigenvalue weighted by molar-refractivity contribution is 9.09. The molecule has 0 aliphatic carbocycles. The lowest BCUT2D eigenvalue weighted by Crippen LogP contribution is -2.60. The van der Waals surface area contributed by atoms with Gasteiger partial charge in [0.1, 0.15) is 6.04 Å². The number of aliphatic hydroxyl groups is 1. The molecule has 0 aromatic heterocycles. The van der Waals surface area contributed by atoms with Crippen LogP contribution in [0.1, 0.15) is 73.6 Å². The lowest BCUT2D eigenvalue weighted by molar-refractivity contribution is -0.147. The van der Waals surface area contributed by atoms with E-state index in [0.717, 1.165) is 12.8 Å². The number of carbonyl (C=O) groups is 3. The van der Waals surface area contributed by atoms with Crippen molar-refractivity contribution in [2.75, 3.05) is 32.8 Å². The van der Waals surface area contributed by atoms with Gasteiger partial charge in [-0.15, -0.1) is 24.9 Å². The molecule has 1 spiro atoms. The molecule has 0 aromatic rings. The number of thioether (sulfide) groups is 1. The highest BCUT2D eigenvalue weighted by Crippen LogP contribution is 2.68. The fourth-order valence-electron chi connectivity index (χ4n) is 7.56. The molecular weight excluding hydrogens is 590 g/mol. The number of amides is 3. The van der Waals surface area contributed by atoms with Crippen LogP contribution in [0.4, 0.5) is 0 Å². The monoisotopic (exact) mass is 639 g/mol. The first-order valence-electron chi connectivity index (χ1n) is 14.8. The molecule has 3 fully saturated rings. The van der Waals surface area contributed by atoms with Gasteiger partial charge in [0.05, 0.1) is 16.6 Å². The van der Waals surface area contributed by atoms with Gasteiger partial charge in [0.15, 0.2) is 0 Å². The average Bonchev–Trinajstić information content (AvgIpc) is 3.43.